The number of carbonyl (C=O) groups is 1. The summed E-state index contributed by atoms with van der Waals surface area (Å²) in [6.45, 7) is 0. The molecule has 1 aromatic rings. The topological polar surface area (TPSA) is 74.6 Å². The SMILES string of the molecule is O=C(O)c1ccc(S(=O)O)c(F)c1. The average Bonchev–Trinajstić information content (AvgIpc) is 2.03. The van der Waals surface area contributed by atoms with Crippen molar-refractivity contribution in [2.24, 2.45) is 0 Å². The number of hydrogen-bond acceptors (Lipinski definition) is 2. The van der Waals surface area contributed by atoms with Crippen LogP contribution < -0.4 is 0 Å². The normalized spacial score (nSPS) is 12.5. The number of halogens is 1. The van der Waals surface area contributed by atoms with Gasteiger partial charge in [0.05, 0.1) is 5.56 Å². The van der Waals surface area contributed by atoms with Gasteiger partial charge in [0.15, 0.2) is 11.1 Å². The predicted octanol–water partition coefficient (Wildman–Crippen LogP) is 1.10. The first kappa shape index (κ1) is 9.82. The van der Waals surface area contributed by atoms with Crippen molar-refractivity contribution >= 4 is 17.0 Å². The lowest BCUT2D eigenvalue weighted by molar-refractivity contribution is 0.0696. The van der Waals surface area contributed by atoms with Crippen LogP contribution in [0.2, 0.25) is 0 Å². The summed E-state index contributed by atoms with van der Waals surface area (Å²) in [5.74, 6) is -2.28. The minimum atomic E-state index is -2.43. The first-order chi connectivity index (χ1) is 6.02. The van der Waals surface area contributed by atoms with E-state index in [1.807, 2.05) is 0 Å². The second kappa shape index (κ2) is 3.63. The molecule has 6 heteroatoms. The second-order valence-corrected chi connectivity index (χ2v) is 3.14. The summed E-state index contributed by atoms with van der Waals surface area (Å²) in [5, 5.41) is 8.43. The van der Waals surface area contributed by atoms with Crippen LogP contribution in [0.15, 0.2) is 23.1 Å². The Bertz CT molecular complexity index is 377. The van der Waals surface area contributed by atoms with Gasteiger partial charge in [-0.05, 0) is 18.2 Å². The molecule has 13 heavy (non-hydrogen) atoms. The molecule has 1 atom stereocenters. The fourth-order valence-electron chi connectivity index (χ4n) is 0.775. The quantitative estimate of drug-likeness (QED) is 0.707. The fraction of sp³-hybridized carbons (Fsp3) is 0. The van der Waals surface area contributed by atoms with Gasteiger partial charge < -0.3 is 9.66 Å². The largest absolute Gasteiger partial charge is 0.478 e. The number of hydrogen-bond donors (Lipinski definition) is 2. The van der Waals surface area contributed by atoms with E-state index in [1.54, 1.807) is 0 Å². The molecule has 0 heterocycles. The van der Waals surface area contributed by atoms with E-state index in [4.69, 9.17) is 9.66 Å². The molecule has 0 aliphatic carbocycles. The third-order valence-corrected chi connectivity index (χ3v) is 2.07. The highest BCUT2D eigenvalue weighted by Crippen LogP contribution is 2.13. The molecule has 4 nitrogen and oxygen atoms in total. The van der Waals surface area contributed by atoms with Crippen molar-refractivity contribution < 1.29 is 23.1 Å². The van der Waals surface area contributed by atoms with Crippen LogP contribution in [0.25, 0.3) is 0 Å². The van der Waals surface area contributed by atoms with E-state index in [0.717, 1.165) is 12.1 Å². The minimum absolute atomic E-state index is 0.258. The highest BCUT2D eigenvalue weighted by atomic mass is 32.2. The monoisotopic (exact) mass is 204 g/mol. The summed E-state index contributed by atoms with van der Waals surface area (Å²) >= 11 is -2.43. The highest BCUT2D eigenvalue weighted by molar-refractivity contribution is 7.79. The van der Waals surface area contributed by atoms with E-state index in [0.29, 0.717) is 6.07 Å². The van der Waals surface area contributed by atoms with Crippen molar-refractivity contribution in [3.63, 3.8) is 0 Å². The van der Waals surface area contributed by atoms with Crippen molar-refractivity contribution in [1.29, 1.82) is 0 Å². The van der Waals surface area contributed by atoms with Gasteiger partial charge >= 0.3 is 5.97 Å². The Labute approximate surface area is 75.3 Å². The predicted molar refractivity (Wildman–Crippen MR) is 42.4 cm³/mol. The Morgan fingerprint density at radius 1 is 1.46 bits per heavy atom. The number of benzene rings is 1. The molecule has 0 bridgehead atoms. The Hall–Kier alpha value is -1.27. The maximum atomic E-state index is 12.8. The molecular weight excluding hydrogens is 199 g/mol. The van der Waals surface area contributed by atoms with Crippen LogP contribution in [0.5, 0.6) is 0 Å². The van der Waals surface area contributed by atoms with Crippen molar-refractivity contribution in [3.8, 4) is 0 Å². The van der Waals surface area contributed by atoms with Gasteiger partial charge in [-0.1, -0.05) is 0 Å². The lowest BCUT2D eigenvalue weighted by Gasteiger charge is -1.98. The van der Waals surface area contributed by atoms with Crippen LogP contribution in [-0.4, -0.2) is 19.8 Å². The first-order valence-corrected chi connectivity index (χ1v) is 4.26. The fourth-order valence-corrected chi connectivity index (χ4v) is 1.19. The molecule has 0 spiro atoms. The van der Waals surface area contributed by atoms with Gasteiger partial charge in [0.2, 0.25) is 0 Å². The molecule has 1 rings (SSSR count). The third-order valence-electron chi connectivity index (χ3n) is 1.37. The molecular formula is C7H5FO4S. The zero-order valence-electron chi connectivity index (χ0n) is 6.23. The standard InChI is InChI=1S/C7H5FO4S/c8-5-3-4(7(9)10)1-2-6(5)13(11)12/h1-3H,(H,9,10)(H,11,12). The van der Waals surface area contributed by atoms with E-state index in [9.17, 15) is 13.4 Å². The van der Waals surface area contributed by atoms with Crippen molar-refractivity contribution in [1.82, 2.24) is 0 Å². The smallest absolute Gasteiger partial charge is 0.335 e. The van der Waals surface area contributed by atoms with Crippen molar-refractivity contribution in [3.05, 3.63) is 29.6 Å². The molecule has 0 saturated heterocycles. The third kappa shape index (κ3) is 2.10. The number of rotatable bonds is 2. The summed E-state index contributed by atoms with van der Waals surface area (Å²) in [7, 11) is 0. The molecule has 0 aromatic heterocycles. The van der Waals surface area contributed by atoms with Crippen molar-refractivity contribution in [2.75, 3.05) is 0 Å². The minimum Gasteiger partial charge on any atom is -0.478 e. The van der Waals surface area contributed by atoms with Gasteiger partial charge in [-0.15, -0.1) is 0 Å². The summed E-state index contributed by atoms with van der Waals surface area (Å²) in [4.78, 5) is 9.90. The molecule has 0 aliphatic rings. The zero-order valence-corrected chi connectivity index (χ0v) is 7.05. The van der Waals surface area contributed by atoms with Gasteiger partial charge in [0.1, 0.15) is 10.7 Å². The average molecular weight is 204 g/mol. The van der Waals surface area contributed by atoms with E-state index in [-0.39, 0.29) is 5.56 Å². The van der Waals surface area contributed by atoms with Gasteiger partial charge in [0, 0.05) is 0 Å². The van der Waals surface area contributed by atoms with Crippen LogP contribution in [0.1, 0.15) is 10.4 Å². The Morgan fingerprint density at radius 3 is 2.46 bits per heavy atom. The Kier molecular flexibility index (Phi) is 2.74. The molecule has 0 amide bonds. The maximum Gasteiger partial charge on any atom is 0.335 e. The Balaban J connectivity index is 3.20. The summed E-state index contributed by atoms with van der Waals surface area (Å²) < 4.78 is 31.8. The second-order valence-electron chi connectivity index (χ2n) is 2.20. The van der Waals surface area contributed by atoms with Crippen LogP contribution in [-0.2, 0) is 11.1 Å². The first-order valence-electron chi connectivity index (χ1n) is 3.16. The van der Waals surface area contributed by atoms with E-state index < -0.39 is 27.8 Å². The van der Waals surface area contributed by atoms with Crippen LogP contribution in [0, 0.1) is 5.82 Å². The van der Waals surface area contributed by atoms with E-state index in [1.165, 1.54) is 0 Å². The number of carboxylic acid groups (broad SMARTS) is 1. The molecule has 0 saturated carbocycles. The van der Waals surface area contributed by atoms with Gasteiger partial charge in [-0.3, -0.25) is 0 Å². The van der Waals surface area contributed by atoms with Crippen LogP contribution in [0.4, 0.5) is 4.39 Å². The maximum absolute atomic E-state index is 12.8. The molecule has 2 N–H and O–H groups in total. The zero-order chi connectivity index (χ0) is 10.0. The van der Waals surface area contributed by atoms with Crippen LogP contribution in [0.3, 0.4) is 0 Å². The van der Waals surface area contributed by atoms with Gasteiger partial charge in [-0.2, -0.15) is 0 Å². The van der Waals surface area contributed by atoms with Crippen LogP contribution >= 0.6 is 0 Å². The number of aromatic carboxylic acids is 1. The molecule has 0 fully saturated rings. The number of carboxylic acids is 1. The van der Waals surface area contributed by atoms with Gasteiger partial charge in [0.25, 0.3) is 0 Å². The molecule has 1 unspecified atom stereocenters. The van der Waals surface area contributed by atoms with Gasteiger partial charge in [-0.25, -0.2) is 13.4 Å². The summed E-state index contributed by atoms with van der Waals surface area (Å²) in [6.07, 6.45) is 0. The summed E-state index contributed by atoms with van der Waals surface area (Å²) in [5.41, 5.74) is -0.258. The van der Waals surface area contributed by atoms with Crippen molar-refractivity contribution in [2.45, 2.75) is 4.90 Å². The lowest BCUT2D eigenvalue weighted by Crippen LogP contribution is -2.00. The molecule has 1 aromatic carbocycles. The lowest BCUT2D eigenvalue weighted by atomic mass is 10.2. The molecule has 0 aliphatic heterocycles. The molecule has 0 radical (unpaired) electrons. The van der Waals surface area contributed by atoms with E-state index >= 15 is 0 Å². The highest BCUT2D eigenvalue weighted by Gasteiger charge is 2.11. The summed E-state index contributed by atoms with van der Waals surface area (Å²) in [6, 6.07) is 2.73. The van der Waals surface area contributed by atoms with E-state index in [2.05, 4.69) is 0 Å². The molecule has 70 valence electrons. The Morgan fingerprint density at radius 2 is 2.08 bits per heavy atom.